The number of carbonyl (C=O) groups is 2. The standard InChI is InChI=1S/C25H21N3O2S/c29-24-21(16-17-8-10-18(11-9-17)22-7-3-15-31-22)28(14-13-27-24)25(30)20-6-1-4-19-5-2-12-26-23(19)20/h1-12,15,21H,13-14,16H2,(H,27,29)/t21-/m0/s1. The first kappa shape index (κ1) is 19.5. The Kier molecular flexibility index (Phi) is 5.22. The van der Waals surface area contributed by atoms with Crippen LogP contribution in [0.15, 0.2) is 78.3 Å². The summed E-state index contributed by atoms with van der Waals surface area (Å²) in [5, 5.41) is 5.88. The molecule has 0 bridgehead atoms. The fourth-order valence-electron chi connectivity index (χ4n) is 4.06. The first-order valence-electron chi connectivity index (χ1n) is 10.3. The van der Waals surface area contributed by atoms with Gasteiger partial charge in [-0.15, -0.1) is 11.3 Å². The van der Waals surface area contributed by atoms with Crippen molar-refractivity contribution in [1.82, 2.24) is 15.2 Å². The highest BCUT2D eigenvalue weighted by molar-refractivity contribution is 7.13. The maximum Gasteiger partial charge on any atom is 0.256 e. The molecule has 1 aliphatic heterocycles. The van der Waals surface area contributed by atoms with E-state index < -0.39 is 6.04 Å². The van der Waals surface area contributed by atoms with Crippen molar-refractivity contribution in [3.63, 3.8) is 0 Å². The van der Waals surface area contributed by atoms with Crippen molar-refractivity contribution < 1.29 is 9.59 Å². The van der Waals surface area contributed by atoms with Crippen molar-refractivity contribution in [2.75, 3.05) is 13.1 Å². The monoisotopic (exact) mass is 427 g/mol. The molecule has 2 amide bonds. The Bertz CT molecular complexity index is 1230. The molecule has 0 spiro atoms. The molecule has 0 saturated carbocycles. The Morgan fingerprint density at radius 2 is 1.90 bits per heavy atom. The molecule has 154 valence electrons. The zero-order valence-electron chi connectivity index (χ0n) is 16.8. The molecule has 4 aromatic rings. The van der Waals surface area contributed by atoms with Gasteiger partial charge >= 0.3 is 0 Å². The fourth-order valence-corrected chi connectivity index (χ4v) is 4.80. The molecule has 3 heterocycles. The van der Waals surface area contributed by atoms with E-state index in [1.165, 1.54) is 4.88 Å². The number of nitrogens with one attached hydrogen (secondary N) is 1. The van der Waals surface area contributed by atoms with Gasteiger partial charge in [-0.1, -0.05) is 48.5 Å². The summed E-state index contributed by atoms with van der Waals surface area (Å²) in [5.74, 6) is -0.269. The van der Waals surface area contributed by atoms with Gasteiger partial charge in [-0.05, 0) is 34.7 Å². The van der Waals surface area contributed by atoms with Gasteiger partial charge in [-0.3, -0.25) is 14.6 Å². The van der Waals surface area contributed by atoms with Crippen LogP contribution in [0.1, 0.15) is 15.9 Å². The molecule has 1 N–H and O–H groups in total. The van der Waals surface area contributed by atoms with Gasteiger partial charge in [0.05, 0.1) is 11.1 Å². The molecule has 2 aromatic heterocycles. The third-order valence-corrected chi connectivity index (χ3v) is 6.56. The minimum absolute atomic E-state index is 0.116. The number of nitrogens with zero attached hydrogens (tertiary/aromatic N) is 2. The van der Waals surface area contributed by atoms with Crippen LogP contribution in [0.3, 0.4) is 0 Å². The highest BCUT2D eigenvalue weighted by atomic mass is 32.1. The lowest BCUT2D eigenvalue weighted by Gasteiger charge is -2.35. The lowest BCUT2D eigenvalue weighted by molar-refractivity contribution is -0.127. The summed E-state index contributed by atoms with van der Waals surface area (Å²) in [7, 11) is 0. The van der Waals surface area contributed by atoms with Crippen LogP contribution >= 0.6 is 11.3 Å². The molecule has 5 nitrogen and oxygen atoms in total. The number of thiophene rings is 1. The zero-order valence-corrected chi connectivity index (χ0v) is 17.6. The van der Waals surface area contributed by atoms with E-state index in [0.29, 0.717) is 30.6 Å². The van der Waals surface area contributed by atoms with E-state index in [1.54, 1.807) is 28.5 Å². The van der Waals surface area contributed by atoms with Gasteiger partial charge in [-0.2, -0.15) is 0 Å². The van der Waals surface area contributed by atoms with Crippen molar-refractivity contribution in [2.24, 2.45) is 0 Å². The van der Waals surface area contributed by atoms with Crippen LogP contribution in [0.5, 0.6) is 0 Å². The summed E-state index contributed by atoms with van der Waals surface area (Å²) in [6.45, 7) is 0.933. The number of benzene rings is 2. The lowest BCUT2D eigenvalue weighted by Crippen LogP contribution is -2.58. The highest BCUT2D eigenvalue weighted by Gasteiger charge is 2.34. The van der Waals surface area contributed by atoms with Crippen molar-refractivity contribution in [1.29, 1.82) is 0 Å². The van der Waals surface area contributed by atoms with Crippen LogP contribution in [0.25, 0.3) is 21.3 Å². The van der Waals surface area contributed by atoms with Gasteiger partial charge in [0.2, 0.25) is 5.91 Å². The minimum Gasteiger partial charge on any atom is -0.353 e. The highest BCUT2D eigenvalue weighted by Crippen LogP contribution is 2.26. The summed E-state index contributed by atoms with van der Waals surface area (Å²) in [6.07, 6.45) is 2.16. The quantitative estimate of drug-likeness (QED) is 0.532. The largest absolute Gasteiger partial charge is 0.353 e. The second-order valence-corrected chi connectivity index (χ2v) is 8.51. The van der Waals surface area contributed by atoms with Crippen molar-refractivity contribution >= 4 is 34.1 Å². The third-order valence-electron chi connectivity index (χ3n) is 5.64. The minimum atomic E-state index is -0.548. The van der Waals surface area contributed by atoms with E-state index in [0.717, 1.165) is 16.5 Å². The molecule has 0 unspecified atom stereocenters. The van der Waals surface area contributed by atoms with E-state index in [2.05, 4.69) is 33.9 Å². The summed E-state index contributed by atoms with van der Waals surface area (Å²) >= 11 is 1.70. The first-order valence-corrected chi connectivity index (χ1v) is 11.1. The summed E-state index contributed by atoms with van der Waals surface area (Å²) < 4.78 is 0. The molecular weight excluding hydrogens is 406 g/mol. The lowest BCUT2D eigenvalue weighted by atomic mass is 9.99. The number of amides is 2. The van der Waals surface area contributed by atoms with Gasteiger partial charge in [0.15, 0.2) is 0 Å². The summed E-state index contributed by atoms with van der Waals surface area (Å²) in [4.78, 5) is 33.5. The number of fused-ring (bicyclic) bond motifs is 1. The van der Waals surface area contributed by atoms with Gasteiger partial charge in [0.25, 0.3) is 5.91 Å². The SMILES string of the molecule is O=C1NCCN(C(=O)c2cccc3cccnc23)[C@H]1Cc1ccc(-c2cccs2)cc1. The summed E-state index contributed by atoms with van der Waals surface area (Å²) in [5.41, 5.74) is 3.38. The van der Waals surface area contributed by atoms with E-state index in [9.17, 15) is 9.59 Å². The first-order chi connectivity index (χ1) is 15.2. The molecular formula is C25H21N3O2S. The molecule has 0 aliphatic carbocycles. The van der Waals surface area contributed by atoms with Gasteiger partial charge < -0.3 is 10.2 Å². The van der Waals surface area contributed by atoms with E-state index in [-0.39, 0.29) is 11.8 Å². The van der Waals surface area contributed by atoms with Crippen molar-refractivity contribution in [2.45, 2.75) is 12.5 Å². The Morgan fingerprint density at radius 1 is 1.06 bits per heavy atom. The maximum absolute atomic E-state index is 13.5. The summed E-state index contributed by atoms with van der Waals surface area (Å²) in [6, 6.07) is 21.2. The van der Waals surface area contributed by atoms with Crippen LogP contribution in [0.2, 0.25) is 0 Å². The predicted molar refractivity (Wildman–Crippen MR) is 123 cm³/mol. The number of pyridine rings is 1. The number of hydrogen-bond donors (Lipinski definition) is 1. The molecule has 1 atom stereocenters. The Hall–Kier alpha value is -3.51. The molecule has 2 aromatic carbocycles. The Morgan fingerprint density at radius 3 is 2.71 bits per heavy atom. The van der Waals surface area contributed by atoms with E-state index >= 15 is 0 Å². The van der Waals surface area contributed by atoms with Crippen molar-refractivity contribution in [3.05, 3.63) is 89.4 Å². The zero-order chi connectivity index (χ0) is 21.2. The van der Waals surface area contributed by atoms with Crippen molar-refractivity contribution in [3.8, 4) is 10.4 Å². The maximum atomic E-state index is 13.5. The van der Waals surface area contributed by atoms with Crippen LogP contribution in [0, 0.1) is 0 Å². The molecule has 1 saturated heterocycles. The molecule has 6 heteroatoms. The smallest absolute Gasteiger partial charge is 0.256 e. The Labute approximate surface area is 184 Å². The van der Waals surface area contributed by atoms with Crippen LogP contribution in [-0.2, 0) is 11.2 Å². The van der Waals surface area contributed by atoms with E-state index in [4.69, 9.17) is 0 Å². The normalized spacial score (nSPS) is 16.3. The topological polar surface area (TPSA) is 62.3 Å². The number of hydrogen-bond acceptors (Lipinski definition) is 4. The molecule has 0 radical (unpaired) electrons. The molecule has 1 fully saturated rings. The van der Waals surface area contributed by atoms with Crippen LogP contribution in [-0.4, -0.2) is 40.8 Å². The predicted octanol–water partition coefficient (Wildman–Crippen LogP) is 4.15. The van der Waals surface area contributed by atoms with Gasteiger partial charge in [0, 0.05) is 36.0 Å². The van der Waals surface area contributed by atoms with Crippen LogP contribution < -0.4 is 5.32 Å². The number of rotatable bonds is 4. The second-order valence-electron chi connectivity index (χ2n) is 7.56. The number of piperazine rings is 1. The second kappa shape index (κ2) is 8.32. The van der Waals surface area contributed by atoms with Gasteiger partial charge in [0.1, 0.15) is 6.04 Å². The third kappa shape index (κ3) is 3.82. The molecule has 31 heavy (non-hydrogen) atoms. The number of carbonyl (C=O) groups excluding carboxylic acids is 2. The number of aromatic nitrogens is 1. The Balaban J connectivity index is 1.42. The van der Waals surface area contributed by atoms with Gasteiger partial charge in [-0.25, -0.2) is 0 Å². The molecule has 5 rings (SSSR count). The molecule has 1 aliphatic rings. The average molecular weight is 428 g/mol. The number of para-hydroxylation sites is 1. The average Bonchev–Trinajstić information content (AvgIpc) is 3.35. The fraction of sp³-hybridized carbons (Fsp3) is 0.160. The van der Waals surface area contributed by atoms with Crippen LogP contribution in [0.4, 0.5) is 0 Å². The van der Waals surface area contributed by atoms with E-state index in [1.807, 2.05) is 42.5 Å².